The Morgan fingerprint density at radius 3 is 1.53 bits per heavy atom. The number of methoxy groups -OCH3 is 2. The Balaban J connectivity index is 0.000000174. The molecule has 0 atom stereocenters. The number of nitrogens with two attached hydrogens (primary N) is 2. The number of hydrogen-bond donors (Lipinski definition) is 2. The van der Waals surface area contributed by atoms with Gasteiger partial charge in [0.1, 0.15) is 24.7 Å². The second-order valence-corrected chi connectivity index (χ2v) is 14.9. The topological polar surface area (TPSA) is 133 Å². The number of hydrogen-bond acceptors (Lipinski definition) is 10. The van der Waals surface area contributed by atoms with Crippen LogP contribution in [-0.2, 0) is 12.8 Å². The van der Waals surface area contributed by atoms with Crippen molar-refractivity contribution in [3.05, 3.63) is 118 Å². The maximum absolute atomic E-state index is 15.1. The smallest absolute Gasteiger partial charge is 0.173 e. The van der Waals surface area contributed by atoms with Crippen molar-refractivity contribution >= 4 is 34.0 Å². The summed E-state index contributed by atoms with van der Waals surface area (Å²) in [7, 11) is 2.76. The second kappa shape index (κ2) is 15.4. The van der Waals surface area contributed by atoms with Gasteiger partial charge in [-0.1, -0.05) is 35.4 Å². The van der Waals surface area contributed by atoms with Crippen LogP contribution in [0.25, 0.3) is 34.0 Å². The van der Waals surface area contributed by atoms with Gasteiger partial charge in [0.2, 0.25) is 0 Å². The van der Waals surface area contributed by atoms with E-state index >= 15 is 8.78 Å². The number of allylic oxidation sites excluding steroid dienone is 2. The zero-order valence-corrected chi connectivity index (χ0v) is 33.0. The Bertz CT molecular complexity index is 3200. The largest absolute Gasteiger partial charge is 0.493 e. The number of aromatic nitrogens is 2. The number of pyridine rings is 2. The Kier molecular flexibility index (Phi) is 7.47. The van der Waals surface area contributed by atoms with Crippen LogP contribution in [0.5, 0.6) is 46.0 Å². The summed E-state index contributed by atoms with van der Waals surface area (Å²) in [4.78, 5) is 8.58. The van der Waals surface area contributed by atoms with Crippen LogP contribution in [0.4, 0.5) is 8.78 Å². The van der Waals surface area contributed by atoms with E-state index in [1.807, 2.05) is 32.1 Å². The molecule has 308 valence electrons. The first kappa shape index (κ1) is 29.1. The quantitative estimate of drug-likeness (QED) is 0.123. The van der Waals surface area contributed by atoms with E-state index in [0.717, 1.165) is 28.7 Å². The van der Waals surface area contributed by atoms with Gasteiger partial charge in [0.25, 0.3) is 0 Å². The average molecular weight is 823 g/mol. The highest BCUT2D eigenvalue weighted by Crippen LogP contribution is 2.43. The molecule has 2 fully saturated rings. The molecule has 2 heterocycles. The lowest BCUT2D eigenvalue weighted by Gasteiger charge is -2.16. The molecule has 60 heavy (non-hydrogen) atoms. The number of halogens is 2. The van der Waals surface area contributed by atoms with Gasteiger partial charge in [-0.15, -0.1) is 0 Å². The molecule has 10 nitrogen and oxygen atoms in total. The van der Waals surface area contributed by atoms with E-state index < -0.39 is 61.4 Å². The summed E-state index contributed by atoms with van der Waals surface area (Å²) in [5, 5.41) is 0.978. The normalized spacial score (nSPS) is 22.3. The predicted molar refractivity (Wildman–Crippen MR) is 228 cm³/mol. The van der Waals surface area contributed by atoms with E-state index in [0.29, 0.717) is 50.9 Å². The molecule has 4 N–H and O–H groups in total. The van der Waals surface area contributed by atoms with Gasteiger partial charge in [0, 0.05) is 57.4 Å². The first-order chi connectivity index (χ1) is 32.7. The average Bonchev–Trinajstić information content (AvgIpc) is 3.64. The minimum absolute atomic E-state index is 0.0334. The van der Waals surface area contributed by atoms with E-state index in [2.05, 4.69) is 9.97 Å². The Hall–Kier alpha value is -6.24. The third-order valence-electron chi connectivity index (χ3n) is 10.2. The van der Waals surface area contributed by atoms with E-state index in [4.69, 9.17) is 53.6 Å². The SMILES string of the molecule is [2H]C([2H])(Oc1cc2nccc(Oc3ccc4c(c3F)C=C(C)C4)c2cc1OC)C1(N)C([2H])([2H])C1([2H])[2H].[2H]C1([2H])C([2H])([2H])C1(N)COc1cc2nccc(Oc3ccc4c(c3F)C=C(C)C4)c2cc1OC. The molecule has 6 aromatic rings. The number of benzene rings is 4. The predicted octanol–water partition coefficient (Wildman–Crippen LogP) is 10.0. The monoisotopic (exact) mass is 822 g/mol. The van der Waals surface area contributed by atoms with Crippen molar-refractivity contribution < 1.29 is 50.9 Å². The van der Waals surface area contributed by atoms with Crippen molar-refractivity contribution in [2.45, 2.75) is 63.3 Å². The number of ether oxygens (including phenoxy) is 6. The molecule has 0 saturated heterocycles. The fourth-order valence-electron chi connectivity index (χ4n) is 6.98. The molecule has 0 aliphatic heterocycles. The highest BCUT2D eigenvalue weighted by molar-refractivity contribution is 5.89. The fourth-order valence-corrected chi connectivity index (χ4v) is 6.98. The third kappa shape index (κ3) is 7.92. The van der Waals surface area contributed by atoms with Gasteiger partial charge in [-0.3, -0.25) is 9.97 Å². The van der Waals surface area contributed by atoms with Gasteiger partial charge in [-0.2, -0.15) is 0 Å². The molecule has 4 aliphatic rings. The highest BCUT2D eigenvalue weighted by Gasteiger charge is 2.40. The number of fused-ring (bicyclic) bond motifs is 4. The minimum atomic E-state index is -2.94. The van der Waals surface area contributed by atoms with Crippen molar-refractivity contribution in [2.75, 3.05) is 27.4 Å². The van der Waals surface area contributed by atoms with Gasteiger partial charge in [0.05, 0.1) is 39.1 Å². The van der Waals surface area contributed by atoms with Gasteiger partial charge < -0.3 is 39.9 Å². The van der Waals surface area contributed by atoms with Crippen molar-refractivity contribution in [3.63, 3.8) is 0 Å². The van der Waals surface area contributed by atoms with Crippen LogP contribution < -0.4 is 39.9 Å². The van der Waals surface area contributed by atoms with Gasteiger partial charge in [-0.25, -0.2) is 8.78 Å². The summed E-state index contributed by atoms with van der Waals surface area (Å²) in [6.45, 7) is 0.565. The van der Waals surface area contributed by atoms with Gasteiger partial charge in [0.15, 0.2) is 46.1 Å². The van der Waals surface area contributed by atoms with E-state index in [1.165, 1.54) is 38.7 Å². The number of nitrogens with zero attached hydrogens (tertiary/aromatic N) is 2. The zero-order valence-electron chi connectivity index (χ0n) is 43.0. The van der Waals surface area contributed by atoms with Crippen molar-refractivity contribution in [2.24, 2.45) is 11.5 Å². The summed E-state index contributed by atoms with van der Waals surface area (Å²) in [6.07, 6.45) is -1.76. The number of rotatable bonds is 12. The lowest BCUT2D eigenvalue weighted by Crippen LogP contribution is -2.29. The Labute approximate surface area is 360 Å². The Morgan fingerprint density at radius 1 is 0.617 bits per heavy atom. The molecule has 0 amide bonds. The first-order valence-electron chi connectivity index (χ1n) is 23.9. The molecule has 12 heteroatoms. The maximum Gasteiger partial charge on any atom is 0.173 e. The molecule has 4 aliphatic carbocycles. The van der Waals surface area contributed by atoms with Crippen molar-refractivity contribution in [1.29, 1.82) is 0 Å². The van der Waals surface area contributed by atoms with Crippen LogP contribution in [0.15, 0.2) is 84.2 Å². The molecule has 0 spiro atoms. The van der Waals surface area contributed by atoms with Crippen LogP contribution in [0, 0.1) is 11.6 Å². The van der Waals surface area contributed by atoms with Crippen molar-refractivity contribution in [3.8, 4) is 46.0 Å². The van der Waals surface area contributed by atoms with Crippen LogP contribution in [0.1, 0.15) is 75.3 Å². The summed E-state index contributed by atoms with van der Waals surface area (Å²) >= 11 is 0. The van der Waals surface area contributed by atoms with Crippen LogP contribution >= 0.6 is 0 Å². The summed E-state index contributed by atoms with van der Waals surface area (Å²) in [5.74, 6) is 0.285. The van der Waals surface area contributed by atoms with Crippen LogP contribution in [-0.4, -0.2) is 48.4 Å². The summed E-state index contributed by atoms with van der Waals surface area (Å²) in [5.41, 5.74) is 13.2. The molecule has 2 aromatic heterocycles. The lowest BCUT2D eigenvalue weighted by atomic mass is 10.1. The minimum Gasteiger partial charge on any atom is -0.493 e. The second-order valence-electron chi connectivity index (χ2n) is 14.9. The lowest BCUT2D eigenvalue weighted by molar-refractivity contribution is 0.264. The first-order valence-corrected chi connectivity index (χ1v) is 18.9. The Morgan fingerprint density at radius 2 is 1.08 bits per heavy atom. The van der Waals surface area contributed by atoms with Gasteiger partial charge >= 0.3 is 0 Å². The van der Waals surface area contributed by atoms with Gasteiger partial charge in [-0.05, 0) is 99.7 Å². The molecule has 2 saturated carbocycles. The van der Waals surface area contributed by atoms with Crippen molar-refractivity contribution in [1.82, 2.24) is 9.97 Å². The zero-order chi connectivity index (χ0) is 50.7. The fraction of sp³-hybridized carbons (Fsp3) is 0.292. The molecule has 0 bridgehead atoms. The summed E-state index contributed by atoms with van der Waals surface area (Å²) in [6, 6.07) is 16.0. The van der Waals surface area contributed by atoms with Crippen LogP contribution in [0.2, 0.25) is 0 Å². The molecular weight excluding hydrogens is 767 g/mol. The van der Waals surface area contributed by atoms with Crippen LogP contribution in [0.3, 0.4) is 0 Å². The maximum atomic E-state index is 15.1. The third-order valence-corrected chi connectivity index (χ3v) is 10.2. The molecular formula is C48H46F2N4O6. The standard InChI is InChI=1S/2C24H23FN2O3/c2*1-14-9-15-3-4-20(23(25)16(15)10-14)30-19-5-8-27-18-12-22(21(28-2)11-17(18)19)29-13-24(26)6-7-24/h2*3-5,8,10-12H,6-7,9,13,26H2,1-2H3/i6D2,7D2,13D2;6D2,7D2. The molecule has 0 unspecified atom stereocenters. The molecule has 4 aromatic carbocycles. The molecule has 10 rings (SSSR count). The highest BCUT2D eigenvalue weighted by atomic mass is 19.1. The van der Waals surface area contributed by atoms with E-state index in [1.54, 1.807) is 42.5 Å². The van der Waals surface area contributed by atoms with E-state index in [9.17, 15) is 0 Å². The van der Waals surface area contributed by atoms with E-state index in [-0.39, 0.29) is 34.5 Å². The summed E-state index contributed by atoms with van der Waals surface area (Å²) < 4.78 is 143. The molecule has 0 radical (unpaired) electrons.